The van der Waals surface area contributed by atoms with Crippen molar-refractivity contribution in [2.24, 2.45) is 5.92 Å². The average Bonchev–Trinajstić information content (AvgIpc) is 2.56. The summed E-state index contributed by atoms with van der Waals surface area (Å²) >= 11 is 1.61. The first kappa shape index (κ1) is 18.0. The third-order valence-electron chi connectivity index (χ3n) is 4.43. The number of rotatable bonds is 7. The lowest BCUT2D eigenvalue weighted by Crippen LogP contribution is -2.41. The maximum Gasteiger partial charge on any atom is 0.230 e. The van der Waals surface area contributed by atoms with E-state index in [9.17, 15) is 4.79 Å². The molecular weight excluding hydrogens is 310 g/mol. The molecule has 0 saturated heterocycles. The third-order valence-corrected chi connectivity index (χ3v) is 5.41. The molecule has 5 heteroatoms. The molecule has 1 amide bonds. The zero-order valence-corrected chi connectivity index (χ0v) is 15.1. The fourth-order valence-corrected chi connectivity index (χ4v) is 3.92. The molecular formula is C18H27NO3S. The number of hydrogen-bond acceptors (Lipinski definition) is 4. The van der Waals surface area contributed by atoms with Crippen molar-refractivity contribution in [3.05, 3.63) is 23.8 Å². The fourth-order valence-electron chi connectivity index (χ4n) is 3.10. The first-order valence-corrected chi connectivity index (χ1v) is 9.38. The second kappa shape index (κ2) is 9.06. The highest BCUT2D eigenvalue weighted by molar-refractivity contribution is 7.99. The fraction of sp³-hybridized carbons (Fsp3) is 0.611. The lowest BCUT2D eigenvalue weighted by atomic mass is 9.86. The molecule has 0 spiro atoms. The minimum atomic E-state index is 0.135. The van der Waals surface area contributed by atoms with Crippen molar-refractivity contribution >= 4 is 17.7 Å². The molecule has 0 aromatic heterocycles. The zero-order valence-electron chi connectivity index (χ0n) is 14.3. The summed E-state index contributed by atoms with van der Waals surface area (Å²) in [6, 6.07) is 6.18. The Morgan fingerprint density at radius 3 is 2.74 bits per heavy atom. The van der Waals surface area contributed by atoms with E-state index in [4.69, 9.17) is 9.47 Å². The maximum absolute atomic E-state index is 12.1. The van der Waals surface area contributed by atoms with Crippen LogP contribution in [-0.2, 0) is 10.5 Å². The third kappa shape index (κ3) is 5.06. The number of methoxy groups -OCH3 is 2. The van der Waals surface area contributed by atoms with E-state index in [1.165, 1.54) is 19.3 Å². The van der Waals surface area contributed by atoms with Crippen LogP contribution in [0.25, 0.3) is 0 Å². The van der Waals surface area contributed by atoms with Crippen molar-refractivity contribution in [2.45, 2.75) is 44.4 Å². The molecule has 0 radical (unpaired) electrons. The number of carbonyl (C=O) groups is 1. The highest BCUT2D eigenvalue weighted by Gasteiger charge is 2.22. The molecule has 2 unspecified atom stereocenters. The second-order valence-electron chi connectivity index (χ2n) is 6.08. The summed E-state index contributed by atoms with van der Waals surface area (Å²) in [5.74, 6) is 3.42. The molecule has 0 bridgehead atoms. The van der Waals surface area contributed by atoms with E-state index < -0.39 is 0 Å². The van der Waals surface area contributed by atoms with Crippen molar-refractivity contribution in [3.8, 4) is 11.5 Å². The predicted octanol–water partition coefficient (Wildman–Crippen LogP) is 3.63. The number of carbonyl (C=O) groups excluding carboxylic acids is 1. The van der Waals surface area contributed by atoms with Crippen LogP contribution in [0.3, 0.4) is 0 Å². The predicted molar refractivity (Wildman–Crippen MR) is 95.3 cm³/mol. The number of para-hydroxylation sites is 1. The molecule has 0 heterocycles. The molecule has 0 aliphatic heterocycles. The molecule has 1 N–H and O–H groups in total. The van der Waals surface area contributed by atoms with E-state index in [1.807, 2.05) is 18.2 Å². The summed E-state index contributed by atoms with van der Waals surface area (Å²) in [6.07, 6.45) is 4.85. The smallest absolute Gasteiger partial charge is 0.230 e. The van der Waals surface area contributed by atoms with Gasteiger partial charge in [0.1, 0.15) is 0 Å². The Morgan fingerprint density at radius 1 is 1.26 bits per heavy atom. The summed E-state index contributed by atoms with van der Waals surface area (Å²) in [5.41, 5.74) is 1.05. The van der Waals surface area contributed by atoms with Crippen molar-refractivity contribution < 1.29 is 14.3 Å². The number of hydrogen-bond donors (Lipinski definition) is 1. The van der Waals surface area contributed by atoms with Gasteiger partial charge in [-0.3, -0.25) is 4.79 Å². The van der Waals surface area contributed by atoms with Gasteiger partial charge in [0, 0.05) is 17.4 Å². The van der Waals surface area contributed by atoms with E-state index in [0.717, 1.165) is 29.2 Å². The lowest BCUT2D eigenvalue weighted by Gasteiger charge is -2.29. The Bertz CT molecular complexity index is 521. The molecule has 1 aliphatic carbocycles. The molecule has 4 nitrogen and oxygen atoms in total. The van der Waals surface area contributed by atoms with Crippen LogP contribution >= 0.6 is 11.8 Å². The second-order valence-corrected chi connectivity index (χ2v) is 7.07. The molecule has 1 aliphatic rings. The monoisotopic (exact) mass is 337 g/mol. The number of benzene rings is 1. The zero-order chi connectivity index (χ0) is 16.7. The standard InChI is InChI=1S/C18H27NO3S/c1-13-7-4-5-9-15(13)19-17(20)12-23-11-14-8-6-10-16(21-2)18(14)22-3/h6,8,10,13,15H,4-5,7,9,11-12H2,1-3H3,(H,19,20). The van der Waals surface area contributed by atoms with Gasteiger partial charge in [-0.25, -0.2) is 0 Å². The van der Waals surface area contributed by atoms with Crippen molar-refractivity contribution in [1.82, 2.24) is 5.32 Å². The van der Waals surface area contributed by atoms with Gasteiger partial charge in [0.05, 0.1) is 20.0 Å². The molecule has 1 saturated carbocycles. The highest BCUT2D eigenvalue weighted by atomic mass is 32.2. The SMILES string of the molecule is COc1cccc(CSCC(=O)NC2CCCCC2C)c1OC. The van der Waals surface area contributed by atoms with Gasteiger partial charge in [-0.15, -0.1) is 11.8 Å². The van der Waals surface area contributed by atoms with Crippen LogP contribution in [0.1, 0.15) is 38.2 Å². The Morgan fingerprint density at radius 2 is 2.04 bits per heavy atom. The van der Waals surface area contributed by atoms with E-state index >= 15 is 0 Å². The van der Waals surface area contributed by atoms with E-state index in [1.54, 1.807) is 26.0 Å². The maximum atomic E-state index is 12.1. The van der Waals surface area contributed by atoms with Crippen LogP contribution in [0.5, 0.6) is 11.5 Å². The van der Waals surface area contributed by atoms with Gasteiger partial charge >= 0.3 is 0 Å². The van der Waals surface area contributed by atoms with Gasteiger partial charge in [-0.2, -0.15) is 0 Å². The molecule has 2 rings (SSSR count). The van der Waals surface area contributed by atoms with Gasteiger partial charge < -0.3 is 14.8 Å². The Balaban J connectivity index is 1.81. The molecule has 128 valence electrons. The largest absolute Gasteiger partial charge is 0.493 e. The Hall–Kier alpha value is -1.36. The molecule has 2 atom stereocenters. The summed E-state index contributed by atoms with van der Waals surface area (Å²) < 4.78 is 10.7. The van der Waals surface area contributed by atoms with Crippen molar-refractivity contribution in [1.29, 1.82) is 0 Å². The quantitative estimate of drug-likeness (QED) is 0.825. The first-order valence-electron chi connectivity index (χ1n) is 8.22. The van der Waals surface area contributed by atoms with Crippen LogP contribution in [0, 0.1) is 5.92 Å². The van der Waals surface area contributed by atoms with Gasteiger partial charge in [0.2, 0.25) is 5.91 Å². The summed E-state index contributed by atoms with van der Waals surface area (Å²) in [5, 5.41) is 3.19. The molecule has 23 heavy (non-hydrogen) atoms. The van der Waals surface area contributed by atoms with E-state index in [2.05, 4.69) is 12.2 Å². The minimum absolute atomic E-state index is 0.135. The van der Waals surface area contributed by atoms with Gasteiger partial charge in [0.25, 0.3) is 0 Å². The Kier molecular flexibility index (Phi) is 7.09. The van der Waals surface area contributed by atoms with Crippen molar-refractivity contribution in [3.63, 3.8) is 0 Å². The number of amides is 1. The van der Waals surface area contributed by atoms with Crippen LogP contribution in [-0.4, -0.2) is 31.9 Å². The van der Waals surface area contributed by atoms with Crippen LogP contribution in [0.4, 0.5) is 0 Å². The number of ether oxygens (including phenoxy) is 2. The summed E-state index contributed by atoms with van der Waals surface area (Å²) in [6.45, 7) is 2.23. The summed E-state index contributed by atoms with van der Waals surface area (Å²) in [4.78, 5) is 12.1. The molecule has 1 fully saturated rings. The van der Waals surface area contributed by atoms with E-state index in [-0.39, 0.29) is 5.91 Å². The Labute approximate surface area is 143 Å². The molecule has 1 aromatic carbocycles. The van der Waals surface area contributed by atoms with E-state index in [0.29, 0.717) is 17.7 Å². The van der Waals surface area contributed by atoms with Crippen LogP contribution in [0.15, 0.2) is 18.2 Å². The minimum Gasteiger partial charge on any atom is -0.493 e. The number of thioether (sulfide) groups is 1. The first-order chi connectivity index (χ1) is 11.2. The van der Waals surface area contributed by atoms with Crippen LogP contribution < -0.4 is 14.8 Å². The lowest BCUT2D eigenvalue weighted by molar-refractivity contribution is -0.119. The normalized spacial score (nSPS) is 20.8. The topological polar surface area (TPSA) is 47.6 Å². The van der Waals surface area contributed by atoms with Gasteiger partial charge in [0.15, 0.2) is 11.5 Å². The molecule has 1 aromatic rings. The van der Waals surface area contributed by atoms with Gasteiger partial charge in [-0.1, -0.05) is 31.9 Å². The van der Waals surface area contributed by atoms with Crippen molar-refractivity contribution in [2.75, 3.05) is 20.0 Å². The van der Waals surface area contributed by atoms with Gasteiger partial charge in [-0.05, 0) is 24.8 Å². The highest BCUT2D eigenvalue weighted by Crippen LogP contribution is 2.33. The summed E-state index contributed by atoms with van der Waals surface area (Å²) in [7, 11) is 3.27. The van der Waals surface area contributed by atoms with Crippen LogP contribution in [0.2, 0.25) is 0 Å². The number of nitrogens with one attached hydrogen (secondary N) is 1. The average molecular weight is 337 g/mol.